The molecule has 0 atom stereocenters. The van der Waals surface area contributed by atoms with E-state index in [1.807, 2.05) is 18.5 Å². The van der Waals surface area contributed by atoms with E-state index in [0.717, 1.165) is 28.7 Å². The van der Waals surface area contributed by atoms with Crippen LogP contribution >= 0.6 is 22.9 Å². The van der Waals surface area contributed by atoms with Gasteiger partial charge in [-0.05, 0) is 6.92 Å². The van der Waals surface area contributed by atoms with Gasteiger partial charge in [0.1, 0.15) is 0 Å². The molecule has 0 aliphatic heterocycles. The van der Waals surface area contributed by atoms with Crippen LogP contribution in [0.15, 0.2) is 17.8 Å². The minimum absolute atomic E-state index is 0.643. The van der Waals surface area contributed by atoms with E-state index >= 15 is 0 Å². The lowest BCUT2D eigenvalue weighted by Gasteiger charge is -2.06. The van der Waals surface area contributed by atoms with Crippen molar-refractivity contribution in [2.75, 3.05) is 20.3 Å². The second-order valence-electron chi connectivity index (χ2n) is 4.61. The first-order valence-corrected chi connectivity index (χ1v) is 7.82. The first kappa shape index (κ1) is 14.5. The average Bonchev–Trinajstić information content (AvgIpc) is 3.11. The Morgan fingerprint density at radius 3 is 3.05 bits per heavy atom. The molecule has 112 valence electrons. The van der Waals surface area contributed by atoms with E-state index in [1.165, 1.54) is 0 Å². The molecule has 0 radical (unpaired) electrons. The molecule has 0 bridgehead atoms. The van der Waals surface area contributed by atoms with E-state index in [0.29, 0.717) is 18.2 Å². The minimum Gasteiger partial charge on any atom is -0.383 e. The van der Waals surface area contributed by atoms with Gasteiger partial charge in [-0.3, -0.25) is 4.40 Å². The fraction of sp³-hybridized carbons (Fsp3) is 0.385. The van der Waals surface area contributed by atoms with Gasteiger partial charge in [0, 0.05) is 31.8 Å². The van der Waals surface area contributed by atoms with Crippen LogP contribution in [-0.2, 0) is 11.3 Å². The molecule has 1 N–H and O–H groups in total. The molecule has 8 heteroatoms. The number of thiazole rings is 1. The summed E-state index contributed by atoms with van der Waals surface area (Å²) in [5, 5.41) is 10.4. The van der Waals surface area contributed by atoms with Gasteiger partial charge in [0.15, 0.2) is 10.8 Å². The summed E-state index contributed by atoms with van der Waals surface area (Å²) in [6, 6.07) is 0. The number of nitrogens with one attached hydrogen (secondary N) is 1. The number of hydrogen-bond acceptors (Lipinski definition) is 5. The van der Waals surface area contributed by atoms with Crippen LogP contribution in [0.2, 0.25) is 5.02 Å². The van der Waals surface area contributed by atoms with E-state index in [9.17, 15) is 0 Å². The van der Waals surface area contributed by atoms with Crippen molar-refractivity contribution >= 4 is 27.9 Å². The van der Waals surface area contributed by atoms with Crippen molar-refractivity contribution < 1.29 is 4.74 Å². The van der Waals surface area contributed by atoms with Gasteiger partial charge in [-0.2, -0.15) is 10.1 Å². The van der Waals surface area contributed by atoms with Crippen LogP contribution in [0, 0.1) is 6.92 Å². The molecule has 6 nitrogen and oxygen atoms in total. The highest BCUT2D eigenvalue weighted by Gasteiger charge is 2.16. The molecule has 21 heavy (non-hydrogen) atoms. The van der Waals surface area contributed by atoms with Crippen LogP contribution in [0.25, 0.3) is 10.8 Å². The minimum atomic E-state index is 0.643. The van der Waals surface area contributed by atoms with Crippen molar-refractivity contribution in [1.82, 2.24) is 24.5 Å². The maximum atomic E-state index is 6.10. The average molecular weight is 326 g/mol. The lowest BCUT2D eigenvalue weighted by Crippen LogP contribution is -2.20. The van der Waals surface area contributed by atoms with Crippen LogP contribution in [0.5, 0.6) is 0 Å². The van der Waals surface area contributed by atoms with Crippen LogP contribution in [-0.4, -0.2) is 39.4 Å². The molecule has 0 amide bonds. The maximum Gasteiger partial charge on any atom is 0.196 e. The molecule has 3 heterocycles. The number of nitrogens with zero attached hydrogens (tertiary/aromatic N) is 4. The fourth-order valence-corrected chi connectivity index (χ4v) is 2.96. The van der Waals surface area contributed by atoms with Crippen molar-refractivity contribution in [3.8, 4) is 5.82 Å². The monoisotopic (exact) mass is 325 g/mol. The van der Waals surface area contributed by atoms with Gasteiger partial charge in [0.25, 0.3) is 0 Å². The number of methoxy groups -OCH3 is 1. The van der Waals surface area contributed by atoms with Gasteiger partial charge in [-0.1, -0.05) is 11.6 Å². The number of fused-ring (bicyclic) bond motifs is 1. The van der Waals surface area contributed by atoms with Crippen molar-refractivity contribution in [3.63, 3.8) is 0 Å². The highest BCUT2D eigenvalue weighted by molar-refractivity contribution is 7.15. The Labute approximate surface area is 131 Å². The molecule has 3 aromatic heterocycles. The molecular weight excluding hydrogens is 310 g/mol. The van der Waals surface area contributed by atoms with Crippen molar-refractivity contribution in [3.05, 3.63) is 34.2 Å². The van der Waals surface area contributed by atoms with Crippen LogP contribution in [0.4, 0.5) is 0 Å². The molecule has 0 aromatic carbocycles. The summed E-state index contributed by atoms with van der Waals surface area (Å²) < 4.78 is 8.86. The first-order valence-electron chi connectivity index (χ1n) is 6.57. The third-order valence-electron chi connectivity index (χ3n) is 3.17. The fourth-order valence-electron chi connectivity index (χ4n) is 2.10. The second kappa shape index (κ2) is 6.15. The zero-order valence-electron chi connectivity index (χ0n) is 11.8. The van der Waals surface area contributed by atoms with Gasteiger partial charge < -0.3 is 10.1 Å². The Bertz CT molecular complexity index is 727. The number of aromatic nitrogens is 4. The molecule has 0 aliphatic carbocycles. The highest BCUT2D eigenvalue weighted by atomic mass is 35.5. The largest absolute Gasteiger partial charge is 0.383 e. The van der Waals surface area contributed by atoms with Gasteiger partial charge in [0.05, 0.1) is 29.2 Å². The SMILES string of the molecule is COCCNCc1c(-n2cc(Cl)c(C)n2)nc2sccn12. The Balaban J connectivity index is 1.95. The zero-order valence-corrected chi connectivity index (χ0v) is 13.4. The summed E-state index contributed by atoms with van der Waals surface area (Å²) in [6.07, 6.45) is 3.81. The lowest BCUT2D eigenvalue weighted by atomic mass is 10.4. The van der Waals surface area contributed by atoms with E-state index in [1.54, 1.807) is 29.3 Å². The van der Waals surface area contributed by atoms with E-state index in [-0.39, 0.29) is 0 Å². The Hall–Kier alpha value is -1.41. The molecule has 0 saturated heterocycles. The number of rotatable bonds is 6. The van der Waals surface area contributed by atoms with Crippen molar-refractivity contribution in [2.24, 2.45) is 0 Å². The summed E-state index contributed by atoms with van der Waals surface area (Å²) in [7, 11) is 1.69. The molecular formula is C13H16ClN5OS. The summed E-state index contributed by atoms with van der Waals surface area (Å²) in [6.45, 7) is 4.03. The third kappa shape index (κ3) is 2.82. The number of ether oxygens (including phenoxy) is 1. The molecule has 3 aromatic rings. The first-order chi connectivity index (χ1) is 10.2. The topological polar surface area (TPSA) is 56.4 Å². The number of halogens is 1. The van der Waals surface area contributed by atoms with Gasteiger partial charge in [-0.25, -0.2) is 4.68 Å². The quantitative estimate of drug-likeness (QED) is 0.706. The lowest BCUT2D eigenvalue weighted by molar-refractivity contribution is 0.199. The summed E-state index contributed by atoms with van der Waals surface area (Å²) in [4.78, 5) is 5.59. The maximum absolute atomic E-state index is 6.10. The van der Waals surface area contributed by atoms with Crippen molar-refractivity contribution in [1.29, 1.82) is 0 Å². The van der Waals surface area contributed by atoms with Crippen LogP contribution in [0.1, 0.15) is 11.4 Å². The third-order valence-corrected chi connectivity index (χ3v) is 4.30. The zero-order chi connectivity index (χ0) is 14.8. The predicted octanol–water partition coefficient (Wildman–Crippen LogP) is 2.28. The smallest absolute Gasteiger partial charge is 0.196 e. The predicted molar refractivity (Wildman–Crippen MR) is 83.5 cm³/mol. The summed E-state index contributed by atoms with van der Waals surface area (Å²) in [5.74, 6) is 0.807. The molecule has 3 rings (SSSR count). The van der Waals surface area contributed by atoms with Gasteiger partial charge in [-0.15, -0.1) is 11.3 Å². The number of imidazole rings is 1. The summed E-state index contributed by atoms with van der Waals surface area (Å²) in [5.41, 5.74) is 1.85. The normalized spacial score (nSPS) is 11.6. The standard InChI is InChI=1S/C13H16ClN5OS/c1-9-10(14)8-19(17-9)12-11(7-15-3-5-20-2)18-4-6-21-13(18)16-12/h4,6,8,15H,3,5,7H2,1-2H3. The Kier molecular flexibility index (Phi) is 4.25. The molecule has 0 saturated carbocycles. The van der Waals surface area contributed by atoms with E-state index in [2.05, 4.69) is 19.8 Å². The number of aryl methyl sites for hydroxylation is 1. The van der Waals surface area contributed by atoms with Crippen molar-refractivity contribution in [2.45, 2.75) is 13.5 Å². The Morgan fingerprint density at radius 2 is 2.33 bits per heavy atom. The van der Waals surface area contributed by atoms with Gasteiger partial charge >= 0.3 is 0 Å². The van der Waals surface area contributed by atoms with Crippen LogP contribution in [0.3, 0.4) is 0 Å². The molecule has 0 aliphatic rings. The van der Waals surface area contributed by atoms with Gasteiger partial charge in [0.2, 0.25) is 0 Å². The second-order valence-corrected chi connectivity index (χ2v) is 5.89. The van der Waals surface area contributed by atoms with E-state index in [4.69, 9.17) is 16.3 Å². The number of hydrogen-bond donors (Lipinski definition) is 1. The van der Waals surface area contributed by atoms with Crippen LogP contribution < -0.4 is 5.32 Å². The molecule has 0 fully saturated rings. The molecule has 0 unspecified atom stereocenters. The highest BCUT2D eigenvalue weighted by Crippen LogP contribution is 2.22. The summed E-state index contributed by atoms with van der Waals surface area (Å²) >= 11 is 7.70. The van der Waals surface area contributed by atoms with E-state index < -0.39 is 0 Å². The Morgan fingerprint density at radius 1 is 1.48 bits per heavy atom. The molecule has 0 spiro atoms.